The number of aryl methyl sites for hydroxylation is 1. The van der Waals surface area contributed by atoms with Crippen molar-refractivity contribution in [3.8, 4) is 6.07 Å². The lowest BCUT2D eigenvalue weighted by Gasteiger charge is -2.15. The Bertz CT molecular complexity index is 1050. The third kappa shape index (κ3) is 3.11. The summed E-state index contributed by atoms with van der Waals surface area (Å²) in [5.74, 6) is 0.784. The second-order valence-corrected chi connectivity index (χ2v) is 6.92. The number of fused-ring (bicyclic) bond motifs is 1. The van der Waals surface area contributed by atoms with E-state index in [1.54, 1.807) is 6.20 Å². The van der Waals surface area contributed by atoms with Crippen molar-refractivity contribution in [1.82, 2.24) is 9.55 Å². The van der Waals surface area contributed by atoms with E-state index in [9.17, 15) is 10.5 Å². The number of hydrogen-bond acceptors (Lipinski definition) is 6. The number of hydrogen-bond donors (Lipinski definition) is 1. The summed E-state index contributed by atoms with van der Waals surface area (Å²) in [6.07, 6.45) is 3.75. The molecule has 3 rings (SSSR count). The predicted octanol–water partition coefficient (Wildman–Crippen LogP) is 3.46. The highest BCUT2D eigenvalue weighted by molar-refractivity contribution is 7.98. The van der Waals surface area contributed by atoms with Crippen LogP contribution in [-0.4, -0.2) is 40.8 Å². The lowest BCUT2D eigenvalue weighted by atomic mass is 10.0. The lowest BCUT2D eigenvalue weighted by Crippen LogP contribution is -2.13. The predicted molar refractivity (Wildman–Crippen MR) is 105 cm³/mol. The third-order valence-corrected chi connectivity index (χ3v) is 4.84. The summed E-state index contributed by atoms with van der Waals surface area (Å²) in [5, 5.41) is 24.3. The SMILES string of the molecule is CSc1cc(/C(=N/O)c2ccc3c(c2)c(C#N)cn3C)cc(N(C)C)n1. The van der Waals surface area contributed by atoms with Gasteiger partial charge >= 0.3 is 0 Å². The summed E-state index contributed by atoms with van der Waals surface area (Å²) >= 11 is 1.53. The summed E-state index contributed by atoms with van der Waals surface area (Å²) in [6.45, 7) is 0. The van der Waals surface area contributed by atoms with Gasteiger partial charge in [0, 0.05) is 49.4 Å². The molecular weight excluding hydrogens is 346 g/mol. The zero-order chi connectivity index (χ0) is 18.8. The highest BCUT2D eigenvalue weighted by atomic mass is 32.2. The van der Waals surface area contributed by atoms with E-state index in [2.05, 4.69) is 16.2 Å². The fraction of sp³-hybridized carbons (Fsp3) is 0.211. The van der Waals surface area contributed by atoms with Crippen molar-refractivity contribution in [2.45, 2.75) is 5.03 Å². The number of thioether (sulfide) groups is 1. The minimum atomic E-state index is 0.445. The molecule has 0 aliphatic heterocycles. The molecule has 1 N–H and O–H groups in total. The quantitative estimate of drug-likeness (QED) is 0.332. The van der Waals surface area contributed by atoms with Crippen LogP contribution in [0.1, 0.15) is 16.7 Å². The average Bonchev–Trinajstić information content (AvgIpc) is 2.97. The molecule has 0 saturated carbocycles. The molecule has 0 saturated heterocycles. The van der Waals surface area contributed by atoms with E-state index in [1.807, 2.05) is 67.2 Å². The molecule has 0 bridgehead atoms. The summed E-state index contributed by atoms with van der Waals surface area (Å²) in [6, 6.07) is 11.7. The largest absolute Gasteiger partial charge is 0.410 e. The number of nitriles is 1. The Morgan fingerprint density at radius 1 is 1.27 bits per heavy atom. The fourth-order valence-corrected chi connectivity index (χ4v) is 3.30. The molecule has 1 aromatic carbocycles. The van der Waals surface area contributed by atoms with Gasteiger partial charge in [-0.25, -0.2) is 4.98 Å². The van der Waals surface area contributed by atoms with Crippen LogP contribution in [0.3, 0.4) is 0 Å². The molecule has 0 atom stereocenters. The molecule has 0 unspecified atom stereocenters. The minimum Gasteiger partial charge on any atom is -0.410 e. The number of rotatable bonds is 4. The van der Waals surface area contributed by atoms with E-state index < -0.39 is 0 Å². The van der Waals surface area contributed by atoms with Crippen LogP contribution in [-0.2, 0) is 7.05 Å². The molecular formula is C19H19N5OS. The van der Waals surface area contributed by atoms with E-state index in [0.29, 0.717) is 11.3 Å². The third-order valence-electron chi connectivity index (χ3n) is 4.21. The molecule has 7 heteroatoms. The first-order chi connectivity index (χ1) is 12.5. The number of nitrogens with zero attached hydrogens (tertiary/aromatic N) is 5. The second kappa shape index (κ2) is 7.10. The van der Waals surface area contributed by atoms with E-state index in [1.165, 1.54) is 11.8 Å². The Labute approximate surface area is 156 Å². The highest BCUT2D eigenvalue weighted by Crippen LogP contribution is 2.26. The lowest BCUT2D eigenvalue weighted by molar-refractivity contribution is 0.319. The van der Waals surface area contributed by atoms with Gasteiger partial charge in [0.1, 0.15) is 17.6 Å². The number of aromatic nitrogens is 2. The first kappa shape index (κ1) is 17.8. The van der Waals surface area contributed by atoms with Crippen molar-refractivity contribution < 1.29 is 5.21 Å². The average molecular weight is 365 g/mol. The van der Waals surface area contributed by atoms with Crippen LogP contribution < -0.4 is 4.90 Å². The Kier molecular flexibility index (Phi) is 4.87. The van der Waals surface area contributed by atoms with Crippen molar-refractivity contribution >= 4 is 34.2 Å². The van der Waals surface area contributed by atoms with Crippen molar-refractivity contribution in [3.05, 3.63) is 53.2 Å². The molecule has 0 spiro atoms. The van der Waals surface area contributed by atoms with E-state index in [-0.39, 0.29) is 0 Å². The number of benzene rings is 1. The van der Waals surface area contributed by atoms with Crippen molar-refractivity contribution in [2.24, 2.45) is 12.2 Å². The van der Waals surface area contributed by atoms with Gasteiger partial charge in [0.2, 0.25) is 0 Å². The summed E-state index contributed by atoms with van der Waals surface area (Å²) in [4.78, 5) is 6.46. The number of anilines is 1. The number of oxime groups is 1. The Morgan fingerprint density at radius 2 is 2.04 bits per heavy atom. The normalized spacial score (nSPS) is 11.6. The molecule has 0 fully saturated rings. The maximum absolute atomic E-state index is 9.71. The van der Waals surface area contributed by atoms with Crippen LogP contribution in [0.4, 0.5) is 5.82 Å². The second-order valence-electron chi connectivity index (χ2n) is 6.10. The summed E-state index contributed by atoms with van der Waals surface area (Å²) in [7, 11) is 5.74. The minimum absolute atomic E-state index is 0.445. The summed E-state index contributed by atoms with van der Waals surface area (Å²) in [5.41, 5.74) is 3.50. The van der Waals surface area contributed by atoms with Gasteiger partial charge in [0.25, 0.3) is 0 Å². The molecule has 26 heavy (non-hydrogen) atoms. The van der Waals surface area contributed by atoms with Crippen LogP contribution in [0, 0.1) is 11.3 Å². The van der Waals surface area contributed by atoms with Crippen molar-refractivity contribution in [2.75, 3.05) is 25.3 Å². The highest BCUT2D eigenvalue weighted by Gasteiger charge is 2.15. The Morgan fingerprint density at radius 3 is 2.65 bits per heavy atom. The van der Waals surface area contributed by atoms with Crippen LogP contribution in [0.25, 0.3) is 10.9 Å². The fourth-order valence-electron chi connectivity index (χ4n) is 2.87. The molecule has 2 aromatic heterocycles. The van der Waals surface area contributed by atoms with Gasteiger partial charge in [-0.2, -0.15) is 5.26 Å². The van der Waals surface area contributed by atoms with Gasteiger partial charge in [-0.15, -0.1) is 11.8 Å². The smallest absolute Gasteiger partial charge is 0.130 e. The van der Waals surface area contributed by atoms with Gasteiger partial charge in [-0.05, 0) is 30.5 Å². The van der Waals surface area contributed by atoms with Crippen LogP contribution >= 0.6 is 11.8 Å². The van der Waals surface area contributed by atoms with Gasteiger partial charge in [-0.1, -0.05) is 11.2 Å². The Balaban J connectivity index is 2.17. The molecule has 0 radical (unpaired) electrons. The van der Waals surface area contributed by atoms with E-state index >= 15 is 0 Å². The maximum Gasteiger partial charge on any atom is 0.130 e. The van der Waals surface area contributed by atoms with Crippen molar-refractivity contribution in [1.29, 1.82) is 5.26 Å². The molecule has 0 aliphatic rings. The van der Waals surface area contributed by atoms with Gasteiger partial charge in [0.05, 0.1) is 10.6 Å². The van der Waals surface area contributed by atoms with Crippen molar-refractivity contribution in [3.63, 3.8) is 0 Å². The molecule has 0 amide bonds. The summed E-state index contributed by atoms with van der Waals surface area (Å²) < 4.78 is 1.91. The van der Waals surface area contributed by atoms with Gasteiger partial charge in [0.15, 0.2) is 0 Å². The molecule has 132 valence electrons. The molecule has 6 nitrogen and oxygen atoms in total. The number of pyridine rings is 1. The molecule has 2 heterocycles. The topological polar surface area (TPSA) is 77.4 Å². The first-order valence-electron chi connectivity index (χ1n) is 7.94. The Hall–Kier alpha value is -2.98. The van der Waals surface area contributed by atoms with E-state index in [4.69, 9.17) is 0 Å². The van der Waals surface area contributed by atoms with Gasteiger partial charge < -0.3 is 14.7 Å². The first-order valence-corrected chi connectivity index (χ1v) is 9.16. The van der Waals surface area contributed by atoms with Crippen LogP contribution in [0.5, 0.6) is 0 Å². The van der Waals surface area contributed by atoms with Crippen LogP contribution in [0.15, 0.2) is 46.7 Å². The monoisotopic (exact) mass is 365 g/mol. The maximum atomic E-state index is 9.71. The molecule has 3 aromatic rings. The van der Waals surface area contributed by atoms with Crippen LogP contribution in [0.2, 0.25) is 0 Å². The van der Waals surface area contributed by atoms with Gasteiger partial charge in [-0.3, -0.25) is 0 Å². The zero-order valence-electron chi connectivity index (χ0n) is 15.1. The molecule has 0 aliphatic carbocycles. The standard InChI is InChI=1S/C19H19N5OS/c1-23(2)17-8-13(9-18(21-17)26-4)19(22-25)12-5-6-16-15(7-12)14(10-20)11-24(16)3/h5-9,11,25H,1-4H3/b22-19+. The zero-order valence-corrected chi connectivity index (χ0v) is 15.9. The van der Waals surface area contributed by atoms with E-state index in [0.717, 1.165) is 32.9 Å².